The summed E-state index contributed by atoms with van der Waals surface area (Å²) in [5.41, 5.74) is 3.99. The number of furan rings is 1. The summed E-state index contributed by atoms with van der Waals surface area (Å²) in [5.74, 6) is -0.480. The van der Waals surface area contributed by atoms with Gasteiger partial charge >= 0.3 is 0 Å². The molecule has 0 unspecified atom stereocenters. The fourth-order valence-electron chi connectivity index (χ4n) is 5.14. The molecular formula is C36H30N4O4S. The molecule has 2 heterocycles. The quantitative estimate of drug-likeness (QED) is 0.109. The molecule has 3 amide bonds. The van der Waals surface area contributed by atoms with E-state index in [2.05, 4.69) is 39.6 Å². The minimum Gasteiger partial charge on any atom is -0.465 e. The van der Waals surface area contributed by atoms with E-state index in [0.29, 0.717) is 17.0 Å². The van der Waals surface area contributed by atoms with E-state index < -0.39 is 11.8 Å². The first-order valence-corrected chi connectivity index (χ1v) is 15.4. The Bertz CT molecular complexity index is 2030. The highest BCUT2D eigenvalue weighted by molar-refractivity contribution is 8.00. The molecule has 6 aromatic rings. The zero-order valence-corrected chi connectivity index (χ0v) is 25.3. The smallest absolute Gasteiger partial charge is 0.272 e. The lowest BCUT2D eigenvalue weighted by Gasteiger charge is -2.12. The Kier molecular flexibility index (Phi) is 8.79. The number of thioether (sulfide) groups is 1. The number of rotatable bonds is 10. The third-order valence-electron chi connectivity index (χ3n) is 7.19. The van der Waals surface area contributed by atoms with E-state index in [1.54, 1.807) is 54.6 Å². The first-order chi connectivity index (χ1) is 22.0. The van der Waals surface area contributed by atoms with E-state index in [4.69, 9.17) is 4.42 Å². The summed E-state index contributed by atoms with van der Waals surface area (Å²) in [6.45, 7) is 2.98. The van der Waals surface area contributed by atoms with E-state index >= 15 is 0 Å². The number of aryl methyl sites for hydroxylation is 1. The molecule has 0 saturated heterocycles. The molecule has 3 N–H and O–H groups in total. The molecule has 0 fully saturated rings. The topological polar surface area (TPSA) is 105 Å². The third-order valence-corrected chi connectivity index (χ3v) is 8.19. The summed E-state index contributed by atoms with van der Waals surface area (Å²) in [6.07, 6.45) is 2.96. The van der Waals surface area contributed by atoms with Crippen molar-refractivity contribution in [2.75, 3.05) is 16.4 Å². The molecule has 45 heavy (non-hydrogen) atoms. The number of benzene rings is 4. The maximum atomic E-state index is 13.3. The number of aromatic nitrogens is 1. The Morgan fingerprint density at radius 1 is 0.778 bits per heavy atom. The van der Waals surface area contributed by atoms with Crippen molar-refractivity contribution in [3.05, 3.63) is 132 Å². The van der Waals surface area contributed by atoms with Crippen LogP contribution >= 0.6 is 11.8 Å². The fraction of sp³-hybridized carbons (Fsp3) is 0.0833. The molecule has 9 heteroatoms. The minimum atomic E-state index is -0.518. The van der Waals surface area contributed by atoms with Gasteiger partial charge in [0, 0.05) is 56.3 Å². The van der Waals surface area contributed by atoms with Crippen molar-refractivity contribution < 1.29 is 18.8 Å². The zero-order valence-electron chi connectivity index (χ0n) is 24.4. The molecule has 0 saturated carbocycles. The molecule has 4 aromatic carbocycles. The van der Waals surface area contributed by atoms with Gasteiger partial charge < -0.3 is 24.9 Å². The standard InChI is InChI=1S/C36H30N4O4S/c1-2-40-32-16-7-6-15-29(32)30-21-26(17-18-33(30)40)37-34(41)23-45-28-14-8-12-25(20-28)38-36(43)31(22-27-13-9-19-44-27)39-35(42)24-10-4-3-5-11-24/h3-22H,2,23H2,1H3,(H,37,41)(H,38,43)(H,39,42)/b31-22-. The lowest BCUT2D eigenvalue weighted by Crippen LogP contribution is -2.30. The van der Waals surface area contributed by atoms with Gasteiger partial charge in [-0.05, 0) is 73.7 Å². The van der Waals surface area contributed by atoms with Gasteiger partial charge in [0.05, 0.1) is 12.0 Å². The normalized spacial score (nSPS) is 11.4. The number of amides is 3. The lowest BCUT2D eigenvalue weighted by molar-refractivity contribution is -0.114. The van der Waals surface area contributed by atoms with Gasteiger partial charge in [0.25, 0.3) is 11.8 Å². The van der Waals surface area contributed by atoms with Crippen molar-refractivity contribution >= 4 is 68.7 Å². The molecule has 8 nitrogen and oxygen atoms in total. The average Bonchev–Trinajstić information content (AvgIpc) is 3.69. The molecule has 0 spiro atoms. The SMILES string of the molecule is CCn1c2ccccc2c2cc(NC(=O)CSc3cccc(NC(=O)/C(=C/c4ccco4)NC(=O)c4ccccc4)c3)ccc21. The van der Waals surface area contributed by atoms with Crippen LogP contribution in [0.4, 0.5) is 11.4 Å². The molecule has 0 radical (unpaired) electrons. The Labute approximate surface area is 264 Å². The van der Waals surface area contributed by atoms with Gasteiger partial charge in [-0.3, -0.25) is 14.4 Å². The van der Waals surface area contributed by atoms with Crippen LogP contribution in [0.25, 0.3) is 27.9 Å². The van der Waals surface area contributed by atoms with Crippen molar-refractivity contribution in [1.82, 2.24) is 9.88 Å². The van der Waals surface area contributed by atoms with Gasteiger partial charge in [-0.2, -0.15) is 0 Å². The first kappa shape index (κ1) is 29.5. The van der Waals surface area contributed by atoms with Crippen molar-refractivity contribution in [1.29, 1.82) is 0 Å². The Morgan fingerprint density at radius 2 is 1.56 bits per heavy atom. The van der Waals surface area contributed by atoms with Crippen LogP contribution in [-0.2, 0) is 16.1 Å². The van der Waals surface area contributed by atoms with Crippen LogP contribution < -0.4 is 16.0 Å². The molecule has 2 aromatic heterocycles. The molecule has 0 aliphatic rings. The predicted octanol–water partition coefficient (Wildman–Crippen LogP) is 7.55. The van der Waals surface area contributed by atoms with Crippen LogP contribution in [0.3, 0.4) is 0 Å². The van der Waals surface area contributed by atoms with Gasteiger partial charge in [0.1, 0.15) is 11.5 Å². The number of anilines is 2. The number of carbonyl (C=O) groups excluding carboxylic acids is 3. The van der Waals surface area contributed by atoms with E-state index in [1.807, 2.05) is 42.5 Å². The Balaban J connectivity index is 1.11. The van der Waals surface area contributed by atoms with Gasteiger partial charge in [-0.1, -0.05) is 42.5 Å². The molecule has 0 aliphatic heterocycles. The second-order valence-electron chi connectivity index (χ2n) is 10.2. The molecule has 0 atom stereocenters. The molecule has 0 bridgehead atoms. The zero-order chi connectivity index (χ0) is 31.2. The fourth-order valence-corrected chi connectivity index (χ4v) is 5.89. The molecule has 0 aliphatic carbocycles. The van der Waals surface area contributed by atoms with Gasteiger partial charge in [-0.15, -0.1) is 11.8 Å². The highest BCUT2D eigenvalue weighted by atomic mass is 32.2. The van der Waals surface area contributed by atoms with Crippen LogP contribution in [0.1, 0.15) is 23.0 Å². The first-order valence-electron chi connectivity index (χ1n) is 14.4. The lowest BCUT2D eigenvalue weighted by atomic mass is 10.1. The number of hydrogen-bond acceptors (Lipinski definition) is 5. The van der Waals surface area contributed by atoms with Crippen molar-refractivity contribution in [2.24, 2.45) is 0 Å². The third kappa shape index (κ3) is 6.84. The predicted molar refractivity (Wildman–Crippen MR) is 180 cm³/mol. The van der Waals surface area contributed by atoms with E-state index in [-0.39, 0.29) is 17.4 Å². The number of nitrogens with one attached hydrogen (secondary N) is 3. The summed E-state index contributed by atoms with van der Waals surface area (Å²) in [6, 6.07) is 33.5. The number of fused-ring (bicyclic) bond motifs is 3. The molecule has 224 valence electrons. The summed E-state index contributed by atoms with van der Waals surface area (Å²) < 4.78 is 7.63. The minimum absolute atomic E-state index is 0.0234. The van der Waals surface area contributed by atoms with Gasteiger partial charge in [0.15, 0.2) is 0 Å². The number of carbonyl (C=O) groups is 3. The highest BCUT2D eigenvalue weighted by Crippen LogP contribution is 2.31. The summed E-state index contributed by atoms with van der Waals surface area (Å²) in [5, 5.41) is 10.8. The van der Waals surface area contributed by atoms with E-state index in [0.717, 1.165) is 33.4 Å². The van der Waals surface area contributed by atoms with Gasteiger partial charge in [-0.25, -0.2) is 0 Å². The second-order valence-corrected chi connectivity index (χ2v) is 11.3. The van der Waals surface area contributed by atoms with Crippen LogP contribution in [0, 0.1) is 0 Å². The average molecular weight is 615 g/mol. The van der Waals surface area contributed by atoms with Crippen LogP contribution in [-0.4, -0.2) is 28.0 Å². The van der Waals surface area contributed by atoms with E-state index in [1.165, 1.54) is 29.6 Å². The van der Waals surface area contributed by atoms with Crippen molar-refractivity contribution in [3.8, 4) is 0 Å². The van der Waals surface area contributed by atoms with Crippen LogP contribution in [0.15, 0.2) is 130 Å². The summed E-state index contributed by atoms with van der Waals surface area (Å²) in [7, 11) is 0. The van der Waals surface area contributed by atoms with Crippen LogP contribution in [0.2, 0.25) is 0 Å². The maximum absolute atomic E-state index is 13.3. The van der Waals surface area contributed by atoms with Crippen molar-refractivity contribution in [2.45, 2.75) is 18.4 Å². The monoisotopic (exact) mass is 614 g/mol. The number of nitrogens with zero attached hydrogens (tertiary/aromatic N) is 1. The highest BCUT2D eigenvalue weighted by Gasteiger charge is 2.16. The second kappa shape index (κ2) is 13.4. The molecular weight excluding hydrogens is 584 g/mol. The summed E-state index contributed by atoms with van der Waals surface area (Å²) in [4.78, 5) is 39.8. The van der Waals surface area contributed by atoms with Crippen molar-refractivity contribution in [3.63, 3.8) is 0 Å². The molecule has 6 rings (SSSR count). The van der Waals surface area contributed by atoms with Gasteiger partial charge in [0.2, 0.25) is 5.91 Å². The Hall–Kier alpha value is -5.54. The Morgan fingerprint density at radius 3 is 2.36 bits per heavy atom. The summed E-state index contributed by atoms with van der Waals surface area (Å²) >= 11 is 1.36. The van der Waals surface area contributed by atoms with Crippen LogP contribution in [0.5, 0.6) is 0 Å². The number of para-hydroxylation sites is 1. The largest absolute Gasteiger partial charge is 0.465 e. The number of hydrogen-bond donors (Lipinski definition) is 3. The maximum Gasteiger partial charge on any atom is 0.272 e. The van der Waals surface area contributed by atoms with E-state index in [9.17, 15) is 14.4 Å².